The molecule has 1 aliphatic heterocycles. The quantitative estimate of drug-likeness (QED) is 0.853. The van der Waals surface area contributed by atoms with Gasteiger partial charge in [-0.3, -0.25) is 4.99 Å². The number of aryl methyl sites for hydroxylation is 1. The predicted octanol–water partition coefficient (Wildman–Crippen LogP) is 4.32. The van der Waals surface area contributed by atoms with Crippen LogP contribution in [0.25, 0.3) is 0 Å². The lowest BCUT2D eigenvalue weighted by Gasteiger charge is -2.30. The van der Waals surface area contributed by atoms with Gasteiger partial charge in [0, 0.05) is 18.0 Å². The number of hydrogen-bond donors (Lipinski definition) is 2. The Bertz CT molecular complexity index is 724. The van der Waals surface area contributed by atoms with Crippen molar-refractivity contribution >= 4 is 22.6 Å². The molecule has 1 atom stereocenters. The fourth-order valence-corrected chi connectivity index (χ4v) is 3.94. The second-order valence-corrected chi connectivity index (χ2v) is 7.68. The molecule has 0 saturated heterocycles. The van der Waals surface area contributed by atoms with Gasteiger partial charge in [-0.2, -0.15) is 0 Å². The molecule has 0 saturated carbocycles. The van der Waals surface area contributed by atoms with Gasteiger partial charge in [0.05, 0.1) is 5.54 Å². The summed E-state index contributed by atoms with van der Waals surface area (Å²) in [5.74, 6) is 1.02. The van der Waals surface area contributed by atoms with Crippen molar-refractivity contribution in [2.24, 2.45) is 10.7 Å². The summed E-state index contributed by atoms with van der Waals surface area (Å²) < 4.78 is 0. The molecule has 1 unspecified atom stereocenters. The van der Waals surface area contributed by atoms with Crippen LogP contribution >= 0.6 is 11.8 Å². The van der Waals surface area contributed by atoms with E-state index in [9.17, 15) is 0 Å². The molecule has 1 heterocycles. The van der Waals surface area contributed by atoms with Crippen molar-refractivity contribution < 1.29 is 0 Å². The van der Waals surface area contributed by atoms with E-state index in [0.717, 1.165) is 30.8 Å². The zero-order valence-corrected chi connectivity index (χ0v) is 15.2. The number of aliphatic imine (C=N–C) groups is 1. The van der Waals surface area contributed by atoms with Gasteiger partial charge in [0.1, 0.15) is 0 Å². The van der Waals surface area contributed by atoms with Crippen molar-refractivity contribution in [3.05, 3.63) is 65.2 Å². The average molecular weight is 340 g/mol. The molecule has 0 aromatic heterocycles. The Morgan fingerprint density at radius 2 is 2.00 bits per heavy atom. The normalized spacial score (nSPS) is 20.5. The van der Waals surface area contributed by atoms with E-state index in [1.54, 1.807) is 11.8 Å². The van der Waals surface area contributed by atoms with E-state index < -0.39 is 0 Å². The first-order valence-electron chi connectivity index (χ1n) is 8.43. The highest BCUT2D eigenvalue weighted by Gasteiger charge is 2.29. The van der Waals surface area contributed by atoms with Gasteiger partial charge in [-0.1, -0.05) is 53.7 Å². The molecule has 3 N–H and O–H groups in total. The molecule has 2 aromatic carbocycles. The highest BCUT2D eigenvalue weighted by molar-refractivity contribution is 8.13. The summed E-state index contributed by atoms with van der Waals surface area (Å²) in [6, 6.07) is 17.3. The van der Waals surface area contributed by atoms with Gasteiger partial charge in [-0.15, -0.1) is 0 Å². The Balaban J connectivity index is 1.65. The number of benzene rings is 2. The predicted molar refractivity (Wildman–Crippen MR) is 106 cm³/mol. The molecular formula is C20H25N3S. The van der Waals surface area contributed by atoms with E-state index in [1.165, 1.54) is 16.7 Å². The number of thioether (sulfide) groups is 1. The summed E-state index contributed by atoms with van der Waals surface area (Å²) in [5, 5.41) is 4.23. The third-order valence-electron chi connectivity index (χ3n) is 4.54. The Morgan fingerprint density at radius 3 is 2.75 bits per heavy atom. The molecule has 3 nitrogen and oxygen atoms in total. The second-order valence-electron chi connectivity index (χ2n) is 6.57. The number of rotatable bonds is 5. The monoisotopic (exact) mass is 339 g/mol. The topological polar surface area (TPSA) is 50.4 Å². The van der Waals surface area contributed by atoms with Crippen LogP contribution in [0.5, 0.6) is 0 Å². The molecule has 0 spiro atoms. The molecule has 1 aliphatic rings. The summed E-state index contributed by atoms with van der Waals surface area (Å²) in [6.07, 6.45) is 2.04. The standard InChI is InChI=1S/C20H25N3S/c1-15-6-8-16(9-7-15)10-12-22-18-5-3-4-17(14-18)20(2)11-13-24-19(21)23-20/h3-9,14,22H,10-13H2,1-2H3,(H2,21,23). The van der Waals surface area contributed by atoms with E-state index >= 15 is 0 Å². The van der Waals surface area contributed by atoms with Crippen LogP contribution in [0.15, 0.2) is 53.5 Å². The molecule has 0 bridgehead atoms. The van der Waals surface area contributed by atoms with Crippen LogP contribution in [0, 0.1) is 6.92 Å². The minimum absolute atomic E-state index is 0.204. The van der Waals surface area contributed by atoms with Crippen molar-refractivity contribution in [2.45, 2.75) is 32.2 Å². The lowest BCUT2D eigenvalue weighted by atomic mass is 9.89. The maximum atomic E-state index is 5.94. The first-order valence-corrected chi connectivity index (χ1v) is 9.42. The first kappa shape index (κ1) is 16.9. The van der Waals surface area contributed by atoms with E-state index in [1.807, 2.05) is 0 Å². The summed E-state index contributed by atoms with van der Waals surface area (Å²) in [5.41, 5.74) is 10.8. The van der Waals surface area contributed by atoms with E-state index in [4.69, 9.17) is 10.7 Å². The van der Waals surface area contributed by atoms with Crippen LogP contribution < -0.4 is 11.1 Å². The Hall–Kier alpha value is -1.94. The van der Waals surface area contributed by atoms with Crippen molar-refractivity contribution in [2.75, 3.05) is 17.6 Å². The minimum Gasteiger partial charge on any atom is -0.385 e. The van der Waals surface area contributed by atoms with Crippen molar-refractivity contribution in [3.63, 3.8) is 0 Å². The maximum absolute atomic E-state index is 5.94. The van der Waals surface area contributed by atoms with Crippen molar-refractivity contribution in [1.82, 2.24) is 0 Å². The number of anilines is 1. The fraction of sp³-hybridized carbons (Fsp3) is 0.350. The highest BCUT2D eigenvalue weighted by Crippen LogP contribution is 2.35. The molecule has 24 heavy (non-hydrogen) atoms. The lowest BCUT2D eigenvalue weighted by Crippen LogP contribution is -2.28. The van der Waals surface area contributed by atoms with Gasteiger partial charge < -0.3 is 11.1 Å². The van der Waals surface area contributed by atoms with Gasteiger partial charge in [-0.05, 0) is 49.9 Å². The third kappa shape index (κ3) is 4.12. The number of nitrogens with two attached hydrogens (primary N) is 1. The smallest absolute Gasteiger partial charge is 0.154 e. The molecular weight excluding hydrogens is 314 g/mol. The number of nitrogens with zero attached hydrogens (tertiary/aromatic N) is 1. The van der Waals surface area contributed by atoms with Gasteiger partial charge in [0.15, 0.2) is 5.17 Å². The van der Waals surface area contributed by atoms with Gasteiger partial charge in [0.2, 0.25) is 0 Å². The Kier molecular flexibility index (Phi) is 5.14. The summed E-state index contributed by atoms with van der Waals surface area (Å²) in [6.45, 7) is 5.21. The van der Waals surface area contributed by atoms with Gasteiger partial charge in [0.25, 0.3) is 0 Å². The molecule has 126 valence electrons. The van der Waals surface area contributed by atoms with Crippen LogP contribution in [0.3, 0.4) is 0 Å². The molecule has 4 heteroatoms. The van der Waals surface area contributed by atoms with Crippen molar-refractivity contribution in [1.29, 1.82) is 0 Å². The molecule has 0 fully saturated rings. The van der Waals surface area contributed by atoms with E-state index in [2.05, 4.69) is 67.7 Å². The molecule has 0 amide bonds. The molecule has 0 aliphatic carbocycles. The average Bonchev–Trinajstić information content (AvgIpc) is 2.57. The second kappa shape index (κ2) is 7.31. The molecule has 0 radical (unpaired) electrons. The van der Waals surface area contributed by atoms with Crippen molar-refractivity contribution in [3.8, 4) is 0 Å². The van der Waals surface area contributed by atoms with Crippen LogP contribution in [0.4, 0.5) is 5.69 Å². The largest absolute Gasteiger partial charge is 0.385 e. The van der Waals surface area contributed by atoms with Crippen LogP contribution in [-0.2, 0) is 12.0 Å². The molecule has 3 rings (SSSR count). The van der Waals surface area contributed by atoms with E-state index in [-0.39, 0.29) is 5.54 Å². The Morgan fingerprint density at radius 1 is 1.21 bits per heavy atom. The zero-order valence-electron chi connectivity index (χ0n) is 14.4. The maximum Gasteiger partial charge on any atom is 0.154 e. The lowest BCUT2D eigenvalue weighted by molar-refractivity contribution is 0.482. The van der Waals surface area contributed by atoms with Crippen LogP contribution in [0.1, 0.15) is 30.0 Å². The SMILES string of the molecule is Cc1ccc(CCNc2cccc(C3(C)CCSC(N)=N3)c2)cc1. The summed E-state index contributed by atoms with van der Waals surface area (Å²) in [4.78, 5) is 4.69. The zero-order chi connectivity index (χ0) is 17.0. The van der Waals surface area contributed by atoms with E-state index in [0.29, 0.717) is 5.17 Å². The Labute approximate surface area is 148 Å². The highest BCUT2D eigenvalue weighted by atomic mass is 32.2. The number of amidine groups is 1. The molecule has 2 aromatic rings. The van der Waals surface area contributed by atoms with Crippen LogP contribution in [0.2, 0.25) is 0 Å². The number of hydrogen-bond acceptors (Lipinski definition) is 4. The summed E-state index contributed by atoms with van der Waals surface area (Å²) in [7, 11) is 0. The summed E-state index contributed by atoms with van der Waals surface area (Å²) >= 11 is 1.64. The fourth-order valence-electron chi connectivity index (χ4n) is 2.96. The van der Waals surface area contributed by atoms with Crippen LogP contribution in [-0.4, -0.2) is 17.5 Å². The third-order valence-corrected chi connectivity index (χ3v) is 5.34. The first-order chi connectivity index (χ1) is 11.5. The van der Waals surface area contributed by atoms with Gasteiger partial charge >= 0.3 is 0 Å². The minimum atomic E-state index is -0.204. The number of nitrogens with one attached hydrogen (secondary N) is 1. The van der Waals surface area contributed by atoms with Gasteiger partial charge in [-0.25, -0.2) is 0 Å².